The molecule has 1 aromatic heterocycles. The maximum absolute atomic E-state index is 12.6. The summed E-state index contributed by atoms with van der Waals surface area (Å²) in [6.07, 6.45) is 14.7. The molecule has 0 saturated heterocycles. The molecule has 154 valence electrons. The normalized spacial score (nSPS) is 35.4. The third-order valence-electron chi connectivity index (χ3n) is 8.18. The van der Waals surface area contributed by atoms with E-state index in [4.69, 9.17) is 0 Å². The molecule has 5 fully saturated rings. The monoisotopic (exact) mass is 402 g/mol. The lowest BCUT2D eigenvalue weighted by atomic mass is 9.48. The summed E-state index contributed by atoms with van der Waals surface area (Å²) in [6, 6.07) is 0.291. The molecule has 5 aliphatic rings. The number of aromatic amines is 1. The van der Waals surface area contributed by atoms with Crippen molar-refractivity contribution in [3.8, 4) is 0 Å². The number of carbonyl (C=O) groups is 1. The molecule has 0 aromatic carbocycles. The van der Waals surface area contributed by atoms with Crippen LogP contribution in [0.2, 0.25) is 0 Å². The van der Waals surface area contributed by atoms with E-state index in [9.17, 15) is 4.79 Å². The van der Waals surface area contributed by atoms with E-state index in [0.29, 0.717) is 22.4 Å². The van der Waals surface area contributed by atoms with Gasteiger partial charge >= 0.3 is 0 Å². The Hall–Kier alpha value is -1.04. The van der Waals surface area contributed by atoms with Gasteiger partial charge in [0.2, 0.25) is 11.1 Å². The molecule has 0 spiro atoms. The van der Waals surface area contributed by atoms with Crippen LogP contribution in [-0.2, 0) is 11.2 Å². The van der Waals surface area contributed by atoms with Crippen LogP contribution >= 0.6 is 11.8 Å². The van der Waals surface area contributed by atoms with Crippen LogP contribution in [0.1, 0.15) is 77.0 Å². The summed E-state index contributed by atoms with van der Waals surface area (Å²) >= 11 is 1.46. The average Bonchev–Trinajstić information content (AvgIpc) is 3.31. The molecule has 28 heavy (non-hydrogen) atoms. The summed E-state index contributed by atoms with van der Waals surface area (Å²) in [6.45, 7) is 2.25. The summed E-state index contributed by atoms with van der Waals surface area (Å²) in [4.78, 5) is 17.2. The molecule has 5 saturated carbocycles. The number of nitrogens with one attached hydrogen (secondary N) is 2. The molecule has 1 unspecified atom stereocenters. The van der Waals surface area contributed by atoms with Crippen LogP contribution in [0.3, 0.4) is 0 Å². The Labute approximate surface area is 172 Å². The summed E-state index contributed by atoms with van der Waals surface area (Å²) in [5.74, 6) is 5.06. The summed E-state index contributed by atoms with van der Waals surface area (Å²) < 4.78 is 0. The number of hydrogen-bond acceptors (Lipinski definition) is 4. The van der Waals surface area contributed by atoms with E-state index in [-0.39, 0.29) is 5.91 Å². The van der Waals surface area contributed by atoms with Gasteiger partial charge < -0.3 is 5.32 Å². The van der Waals surface area contributed by atoms with Crippen LogP contribution in [0.25, 0.3) is 0 Å². The Morgan fingerprint density at radius 1 is 1.18 bits per heavy atom. The highest BCUT2D eigenvalue weighted by Gasteiger charge is 2.53. The van der Waals surface area contributed by atoms with Crippen molar-refractivity contribution in [2.45, 2.75) is 88.8 Å². The van der Waals surface area contributed by atoms with E-state index in [2.05, 4.69) is 27.4 Å². The molecule has 5 aliphatic carbocycles. The van der Waals surface area contributed by atoms with Crippen molar-refractivity contribution in [1.82, 2.24) is 20.5 Å². The van der Waals surface area contributed by atoms with Gasteiger partial charge in [0.05, 0.1) is 5.75 Å². The van der Waals surface area contributed by atoms with E-state index < -0.39 is 0 Å². The van der Waals surface area contributed by atoms with E-state index in [1.807, 2.05) is 0 Å². The highest BCUT2D eigenvalue weighted by Crippen LogP contribution is 2.61. The van der Waals surface area contributed by atoms with Gasteiger partial charge in [0.15, 0.2) is 0 Å². The second kappa shape index (κ2) is 7.66. The minimum atomic E-state index is 0.135. The summed E-state index contributed by atoms with van der Waals surface area (Å²) in [7, 11) is 0. The fraction of sp³-hybridized carbons (Fsp3) is 0.864. The van der Waals surface area contributed by atoms with Gasteiger partial charge in [0.25, 0.3) is 0 Å². The van der Waals surface area contributed by atoms with Crippen molar-refractivity contribution >= 4 is 17.7 Å². The Morgan fingerprint density at radius 3 is 2.46 bits per heavy atom. The second-order valence-corrected chi connectivity index (χ2v) is 11.2. The van der Waals surface area contributed by atoms with Crippen molar-refractivity contribution in [2.75, 3.05) is 5.75 Å². The van der Waals surface area contributed by atoms with Gasteiger partial charge in [-0.25, -0.2) is 4.98 Å². The number of rotatable bonds is 7. The van der Waals surface area contributed by atoms with Gasteiger partial charge in [0, 0.05) is 12.5 Å². The molecule has 4 bridgehead atoms. The lowest BCUT2D eigenvalue weighted by Crippen LogP contribution is -2.56. The smallest absolute Gasteiger partial charge is 0.230 e. The van der Waals surface area contributed by atoms with Gasteiger partial charge in [0.1, 0.15) is 5.82 Å². The van der Waals surface area contributed by atoms with E-state index in [1.165, 1.54) is 76.0 Å². The number of carbonyl (C=O) groups excluding carboxylic acids is 1. The number of H-pyrrole nitrogens is 1. The predicted octanol–water partition coefficient (Wildman–Crippen LogP) is 4.35. The van der Waals surface area contributed by atoms with Gasteiger partial charge in [-0.05, 0) is 74.5 Å². The van der Waals surface area contributed by atoms with Crippen LogP contribution in [-0.4, -0.2) is 32.9 Å². The minimum Gasteiger partial charge on any atom is -0.352 e. The van der Waals surface area contributed by atoms with E-state index in [0.717, 1.165) is 35.9 Å². The van der Waals surface area contributed by atoms with Crippen LogP contribution in [0.4, 0.5) is 0 Å². The Kier molecular flexibility index (Phi) is 5.18. The summed E-state index contributed by atoms with van der Waals surface area (Å²) in [5, 5.41) is 11.4. The first-order valence-corrected chi connectivity index (χ1v) is 12.4. The first kappa shape index (κ1) is 19.0. The maximum Gasteiger partial charge on any atom is 0.230 e. The number of nitrogens with zero attached hydrogens (tertiary/aromatic N) is 2. The molecule has 5 nitrogen and oxygen atoms in total. The lowest BCUT2D eigenvalue weighted by Gasteiger charge is -2.59. The van der Waals surface area contributed by atoms with Crippen molar-refractivity contribution in [3.63, 3.8) is 0 Å². The average molecular weight is 403 g/mol. The van der Waals surface area contributed by atoms with Gasteiger partial charge in [-0.3, -0.25) is 9.89 Å². The van der Waals surface area contributed by atoms with Crippen LogP contribution in [0, 0.1) is 29.1 Å². The topological polar surface area (TPSA) is 70.7 Å². The fourth-order valence-corrected chi connectivity index (χ4v) is 7.82. The molecule has 1 atom stereocenters. The largest absolute Gasteiger partial charge is 0.352 e. The molecule has 1 amide bonds. The molecule has 6 heteroatoms. The highest BCUT2D eigenvalue weighted by atomic mass is 32.2. The van der Waals surface area contributed by atoms with Crippen molar-refractivity contribution in [3.05, 3.63) is 5.82 Å². The second-order valence-electron chi connectivity index (χ2n) is 10.3. The third-order valence-corrected chi connectivity index (χ3v) is 9.03. The zero-order valence-electron chi connectivity index (χ0n) is 17.1. The van der Waals surface area contributed by atoms with Gasteiger partial charge in [-0.15, -0.1) is 5.10 Å². The first-order chi connectivity index (χ1) is 13.6. The minimum absolute atomic E-state index is 0.135. The van der Waals surface area contributed by atoms with Gasteiger partial charge in [-0.1, -0.05) is 37.4 Å². The van der Waals surface area contributed by atoms with Crippen molar-refractivity contribution < 1.29 is 4.79 Å². The van der Waals surface area contributed by atoms with E-state index >= 15 is 0 Å². The van der Waals surface area contributed by atoms with Crippen molar-refractivity contribution in [2.24, 2.45) is 29.1 Å². The van der Waals surface area contributed by atoms with Gasteiger partial charge in [-0.2, -0.15) is 0 Å². The fourth-order valence-electron chi connectivity index (χ4n) is 7.20. The molecule has 0 aliphatic heterocycles. The molecule has 1 heterocycles. The maximum atomic E-state index is 12.6. The number of amides is 1. The standard InChI is InChI=1S/C22H34N4OS/c1-14(22-10-16-6-17(11-22)8-18(7-16)12-22)23-20(27)13-28-21-24-19(25-26-21)9-15-4-2-3-5-15/h14-18H,2-13H2,1H3,(H,23,27)(H,24,25,26). The number of aromatic nitrogens is 3. The van der Waals surface area contributed by atoms with Crippen LogP contribution in [0.5, 0.6) is 0 Å². The summed E-state index contributed by atoms with van der Waals surface area (Å²) in [5.41, 5.74) is 0.369. The van der Waals surface area contributed by atoms with E-state index in [1.54, 1.807) is 0 Å². The predicted molar refractivity (Wildman–Crippen MR) is 111 cm³/mol. The van der Waals surface area contributed by atoms with Crippen LogP contribution in [0.15, 0.2) is 5.16 Å². The molecule has 6 rings (SSSR count). The third kappa shape index (κ3) is 3.86. The Balaban J connectivity index is 1.11. The molecular formula is C22H34N4OS. The van der Waals surface area contributed by atoms with Crippen molar-refractivity contribution in [1.29, 1.82) is 0 Å². The van der Waals surface area contributed by atoms with Crippen LogP contribution < -0.4 is 5.32 Å². The Morgan fingerprint density at radius 2 is 1.82 bits per heavy atom. The first-order valence-electron chi connectivity index (χ1n) is 11.4. The molecule has 0 radical (unpaired) electrons. The zero-order chi connectivity index (χ0) is 19.1. The zero-order valence-corrected chi connectivity index (χ0v) is 17.9. The molecule has 1 aromatic rings. The highest BCUT2D eigenvalue weighted by molar-refractivity contribution is 7.99. The number of thioether (sulfide) groups is 1. The number of hydrogen-bond donors (Lipinski definition) is 2. The quantitative estimate of drug-likeness (QED) is 0.665. The lowest BCUT2D eigenvalue weighted by molar-refractivity contribution is -0.123. The molecule has 2 N–H and O–H groups in total. The SMILES string of the molecule is CC(NC(=O)CSc1n[nH]c(CC2CCCC2)n1)C12CC3CC(CC(C3)C1)C2. The molecular weight excluding hydrogens is 368 g/mol. The Bertz CT molecular complexity index is 676.